The Morgan fingerprint density at radius 1 is 1.36 bits per heavy atom. The largest absolute Gasteiger partial charge is 0.327 e. The number of carbonyl (C=O) groups excluding carboxylic acids is 2. The van der Waals surface area contributed by atoms with E-state index in [0.717, 1.165) is 19.3 Å². The Labute approximate surface area is 84.9 Å². The molecule has 0 spiro atoms. The zero-order valence-electron chi connectivity index (χ0n) is 9.12. The normalized spacial score (nSPS) is 23.2. The molecule has 1 rings (SSSR count). The summed E-state index contributed by atoms with van der Waals surface area (Å²) in [5, 5.41) is 0. The maximum Gasteiger partial charge on any atom is 0.326 e. The molecule has 1 heterocycles. The van der Waals surface area contributed by atoms with Crippen LogP contribution in [-0.2, 0) is 4.79 Å². The lowest BCUT2D eigenvalue weighted by molar-refractivity contribution is -0.134. The van der Waals surface area contributed by atoms with Crippen molar-refractivity contribution in [2.45, 2.75) is 26.2 Å². The second-order valence-corrected chi connectivity index (χ2v) is 3.90. The molecule has 1 unspecified atom stereocenters. The molecule has 4 nitrogen and oxygen atoms in total. The maximum atomic E-state index is 11.7. The summed E-state index contributed by atoms with van der Waals surface area (Å²) >= 11 is 0. The molecule has 0 saturated carbocycles. The minimum absolute atomic E-state index is 0.00245. The van der Waals surface area contributed by atoms with E-state index in [1.54, 1.807) is 19.0 Å². The van der Waals surface area contributed by atoms with E-state index < -0.39 is 0 Å². The molecular weight excluding hydrogens is 180 g/mol. The molecule has 0 bridgehead atoms. The second kappa shape index (κ2) is 4.44. The molecule has 0 aliphatic carbocycles. The number of rotatable bonds is 3. The van der Waals surface area contributed by atoms with Crippen LogP contribution in [0.15, 0.2) is 0 Å². The highest BCUT2D eigenvalue weighted by molar-refractivity contribution is 5.97. The molecule has 0 aromatic heterocycles. The second-order valence-electron chi connectivity index (χ2n) is 3.90. The van der Waals surface area contributed by atoms with Gasteiger partial charge in [-0.25, -0.2) is 4.79 Å². The van der Waals surface area contributed by atoms with Crippen molar-refractivity contribution in [1.29, 1.82) is 0 Å². The zero-order valence-corrected chi connectivity index (χ0v) is 9.12. The van der Waals surface area contributed by atoms with Gasteiger partial charge in [0.15, 0.2) is 0 Å². The molecule has 14 heavy (non-hydrogen) atoms. The Hall–Kier alpha value is -1.06. The lowest BCUT2D eigenvalue weighted by atomic mass is 9.98. The van der Waals surface area contributed by atoms with Crippen LogP contribution in [0, 0.1) is 5.92 Å². The molecule has 0 aromatic rings. The first-order chi connectivity index (χ1) is 6.57. The Morgan fingerprint density at radius 2 is 2.00 bits per heavy atom. The van der Waals surface area contributed by atoms with E-state index in [9.17, 15) is 9.59 Å². The molecule has 80 valence electrons. The van der Waals surface area contributed by atoms with Gasteiger partial charge in [-0.1, -0.05) is 19.8 Å². The van der Waals surface area contributed by atoms with Crippen LogP contribution in [0.3, 0.4) is 0 Å². The first-order valence-electron chi connectivity index (χ1n) is 5.10. The molecule has 0 radical (unpaired) electrons. The van der Waals surface area contributed by atoms with Gasteiger partial charge in [0.2, 0.25) is 5.91 Å². The molecule has 4 heteroatoms. The van der Waals surface area contributed by atoms with Crippen LogP contribution >= 0.6 is 0 Å². The van der Waals surface area contributed by atoms with E-state index in [1.165, 1.54) is 4.90 Å². The molecule has 1 fully saturated rings. The van der Waals surface area contributed by atoms with Crippen molar-refractivity contribution < 1.29 is 9.59 Å². The Bertz CT molecular complexity index is 240. The number of urea groups is 1. The quantitative estimate of drug-likeness (QED) is 0.686. The van der Waals surface area contributed by atoms with Gasteiger partial charge >= 0.3 is 6.03 Å². The third kappa shape index (κ3) is 2.05. The van der Waals surface area contributed by atoms with Crippen molar-refractivity contribution in [2.75, 3.05) is 20.6 Å². The first-order valence-corrected chi connectivity index (χ1v) is 5.10. The maximum absolute atomic E-state index is 11.7. The third-order valence-electron chi connectivity index (χ3n) is 2.69. The Balaban J connectivity index is 2.61. The van der Waals surface area contributed by atoms with Crippen LogP contribution < -0.4 is 0 Å². The summed E-state index contributed by atoms with van der Waals surface area (Å²) in [6, 6.07) is -0.192. The number of nitrogens with zero attached hydrogens (tertiary/aromatic N) is 2. The van der Waals surface area contributed by atoms with Gasteiger partial charge in [0.25, 0.3) is 0 Å². The summed E-state index contributed by atoms with van der Waals surface area (Å²) in [6.45, 7) is 2.67. The predicted octanol–water partition coefficient (Wildman–Crippen LogP) is 1.32. The average molecular weight is 198 g/mol. The van der Waals surface area contributed by atoms with Crippen LogP contribution in [0.1, 0.15) is 26.2 Å². The third-order valence-corrected chi connectivity index (χ3v) is 2.69. The Kier molecular flexibility index (Phi) is 3.49. The Morgan fingerprint density at radius 3 is 2.57 bits per heavy atom. The van der Waals surface area contributed by atoms with Crippen molar-refractivity contribution in [3.05, 3.63) is 0 Å². The van der Waals surface area contributed by atoms with E-state index in [4.69, 9.17) is 0 Å². The zero-order chi connectivity index (χ0) is 10.7. The van der Waals surface area contributed by atoms with Gasteiger partial charge in [0.1, 0.15) is 0 Å². The van der Waals surface area contributed by atoms with Crippen molar-refractivity contribution in [3.8, 4) is 0 Å². The van der Waals surface area contributed by atoms with E-state index in [-0.39, 0.29) is 17.9 Å². The number of imide groups is 1. The molecule has 1 aliphatic heterocycles. The van der Waals surface area contributed by atoms with Gasteiger partial charge < -0.3 is 4.90 Å². The number of carbonyl (C=O) groups is 2. The fourth-order valence-corrected chi connectivity index (χ4v) is 1.78. The molecule has 0 aromatic carbocycles. The highest BCUT2D eigenvalue weighted by Gasteiger charge is 2.34. The lowest BCUT2D eigenvalue weighted by Gasteiger charge is -2.34. The van der Waals surface area contributed by atoms with Crippen molar-refractivity contribution in [2.24, 2.45) is 5.92 Å². The van der Waals surface area contributed by atoms with Crippen molar-refractivity contribution in [3.63, 3.8) is 0 Å². The molecule has 1 aliphatic rings. The van der Waals surface area contributed by atoms with Crippen LogP contribution in [0.5, 0.6) is 0 Å². The van der Waals surface area contributed by atoms with Gasteiger partial charge in [-0.15, -0.1) is 0 Å². The average Bonchev–Trinajstić information content (AvgIpc) is 2.18. The molecule has 0 N–H and O–H groups in total. The summed E-state index contributed by atoms with van der Waals surface area (Å²) in [5.74, 6) is -0.0239. The summed E-state index contributed by atoms with van der Waals surface area (Å²) in [5.41, 5.74) is 0. The molecular formula is C10H18N2O2. The van der Waals surface area contributed by atoms with Crippen LogP contribution in [0.25, 0.3) is 0 Å². The summed E-state index contributed by atoms with van der Waals surface area (Å²) in [4.78, 5) is 25.9. The van der Waals surface area contributed by atoms with Gasteiger partial charge in [0, 0.05) is 20.6 Å². The minimum Gasteiger partial charge on any atom is -0.327 e. The first kappa shape index (κ1) is 11.0. The van der Waals surface area contributed by atoms with E-state index in [0.29, 0.717) is 6.54 Å². The predicted molar refractivity (Wildman–Crippen MR) is 53.8 cm³/mol. The van der Waals surface area contributed by atoms with Gasteiger partial charge in [-0.3, -0.25) is 9.69 Å². The number of hydrogen-bond donors (Lipinski definition) is 0. The fraction of sp³-hybridized carbons (Fsp3) is 0.800. The number of hydrogen-bond acceptors (Lipinski definition) is 2. The number of unbranched alkanes of at least 4 members (excludes halogenated alkanes) is 1. The van der Waals surface area contributed by atoms with E-state index in [1.807, 2.05) is 0 Å². The summed E-state index contributed by atoms with van der Waals surface area (Å²) in [7, 11) is 3.30. The molecule has 3 amide bonds. The molecule has 1 saturated heterocycles. The van der Waals surface area contributed by atoms with Gasteiger partial charge in [-0.05, 0) is 6.42 Å². The van der Waals surface area contributed by atoms with Crippen molar-refractivity contribution in [1.82, 2.24) is 9.80 Å². The van der Waals surface area contributed by atoms with Gasteiger partial charge in [0.05, 0.1) is 5.92 Å². The summed E-state index contributed by atoms with van der Waals surface area (Å²) in [6.07, 6.45) is 3.02. The van der Waals surface area contributed by atoms with E-state index >= 15 is 0 Å². The van der Waals surface area contributed by atoms with E-state index in [2.05, 4.69) is 6.92 Å². The lowest BCUT2D eigenvalue weighted by Crippen LogP contribution is -2.53. The highest BCUT2D eigenvalue weighted by Crippen LogP contribution is 2.18. The topological polar surface area (TPSA) is 40.6 Å². The van der Waals surface area contributed by atoms with Gasteiger partial charge in [-0.2, -0.15) is 0 Å². The monoisotopic (exact) mass is 198 g/mol. The summed E-state index contributed by atoms with van der Waals surface area (Å²) < 4.78 is 0. The smallest absolute Gasteiger partial charge is 0.326 e. The fourth-order valence-electron chi connectivity index (χ4n) is 1.78. The highest BCUT2D eigenvalue weighted by atomic mass is 16.2. The molecule has 1 atom stereocenters. The van der Waals surface area contributed by atoms with Crippen LogP contribution in [0.2, 0.25) is 0 Å². The van der Waals surface area contributed by atoms with Crippen LogP contribution in [-0.4, -0.2) is 42.4 Å². The van der Waals surface area contributed by atoms with Crippen LogP contribution in [0.4, 0.5) is 4.79 Å². The standard InChI is InChI=1S/C10H18N2O2/c1-4-5-6-8-7-11(2)10(14)12(3)9(8)13/h8H,4-7H2,1-3H3. The minimum atomic E-state index is -0.192. The SMILES string of the molecule is CCCCC1CN(C)C(=O)N(C)C1=O. The number of amides is 3. The van der Waals surface area contributed by atoms with Crippen molar-refractivity contribution >= 4 is 11.9 Å².